The highest BCUT2D eigenvalue weighted by Crippen LogP contribution is 2.14. The van der Waals surface area contributed by atoms with Crippen LogP contribution in [-0.2, 0) is 4.79 Å². The van der Waals surface area contributed by atoms with Crippen molar-refractivity contribution in [1.29, 1.82) is 0 Å². The maximum atomic E-state index is 11.9. The lowest BCUT2D eigenvalue weighted by molar-refractivity contribution is -0.119. The average molecular weight is 296 g/mol. The molecule has 1 aromatic rings. The number of carbonyl (C=O) groups is 2. The molecule has 1 atom stereocenters. The fourth-order valence-corrected chi connectivity index (χ4v) is 2.37. The quantitative estimate of drug-likeness (QED) is 0.773. The summed E-state index contributed by atoms with van der Waals surface area (Å²) in [6, 6.07) is 6.64. The second-order valence-electron chi connectivity index (χ2n) is 5.20. The molecule has 108 valence electrons. The minimum absolute atomic E-state index is 0.0925. The number of carbonyl (C=O) groups excluding carboxylic acids is 2. The van der Waals surface area contributed by atoms with Crippen LogP contribution < -0.4 is 16.0 Å². The molecule has 2 amide bonds. The normalized spacial score (nSPS) is 21.7. The van der Waals surface area contributed by atoms with E-state index in [2.05, 4.69) is 22.9 Å². The molecule has 1 aliphatic heterocycles. The van der Waals surface area contributed by atoms with Gasteiger partial charge in [0.2, 0.25) is 5.91 Å². The zero-order valence-electron chi connectivity index (χ0n) is 11.3. The fourth-order valence-electron chi connectivity index (χ4n) is 2.15. The number of rotatable bonds is 4. The van der Waals surface area contributed by atoms with E-state index in [0.29, 0.717) is 10.6 Å². The third kappa shape index (κ3) is 3.79. The van der Waals surface area contributed by atoms with Gasteiger partial charge in [0.25, 0.3) is 5.91 Å². The molecule has 1 aromatic carbocycles. The predicted molar refractivity (Wildman–Crippen MR) is 77.8 cm³/mol. The molecule has 1 saturated heterocycles. The Morgan fingerprint density at radius 2 is 2.15 bits per heavy atom. The highest BCUT2D eigenvalue weighted by molar-refractivity contribution is 6.34. The van der Waals surface area contributed by atoms with Gasteiger partial charge in [-0.25, -0.2) is 0 Å². The van der Waals surface area contributed by atoms with Crippen LogP contribution in [0.5, 0.6) is 0 Å². The van der Waals surface area contributed by atoms with E-state index in [1.54, 1.807) is 24.3 Å². The first kappa shape index (κ1) is 15.0. The molecule has 1 unspecified atom stereocenters. The smallest absolute Gasteiger partial charge is 0.259 e. The molecule has 5 nitrogen and oxygen atoms in total. The van der Waals surface area contributed by atoms with Gasteiger partial charge >= 0.3 is 0 Å². The van der Waals surface area contributed by atoms with Gasteiger partial charge in [-0.2, -0.15) is 0 Å². The summed E-state index contributed by atoms with van der Waals surface area (Å²) in [5, 5.41) is 9.07. The lowest BCUT2D eigenvalue weighted by Crippen LogP contribution is -2.49. The van der Waals surface area contributed by atoms with E-state index in [0.717, 1.165) is 19.5 Å². The number of hydrogen-bond donors (Lipinski definition) is 3. The predicted octanol–water partition coefficient (Wildman–Crippen LogP) is 0.938. The van der Waals surface area contributed by atoms with Gasteiger partial charge in [0, 0.05) is 12.1 Å². The number of benzene rings is 1. The van der Waals surface area contributed by atoms with Crippen molar-refractivity contribution in [1.82, 2.24) is 16.0 Å². The van der Waals surface area contributed by atoms with E-state index < -0.39 is 5.91 Å². The molecule has 0 aromatic heterocycles. The van der Waals surface area contributed by atoms with Crippen LogP contribution in [0, 0.1) is 0 Å². The lowest BCUT2D eigenvalue weighted by Gasteiger charge is -2.23. The average Bonchev–Trinajstić information content (AvgIpc) is 2.84. The molecule has 1 heterocycles. The summed E-state index contributed by atoms with van der Waals surface area (Å²) in [6.07, 6.45) is 0.957. The topological polar surface area (TPSA) is 70.2 Å². The lowest BCUT2D eigenvalue weighted by atomic mass is 10.0. The fraction of sp³-hybridized carbons (Fsp3) is 0.429. The van der Waals surface area contributed by atoms with Gasteiger partial charge in [-0.15, -0.1) is 0 Å². The molecule has 0 saturated carbocycles. The number of halogens is 1. The third-order valence-corrected chi connectivity index (χ3v) is 3.75. The number of hydrogen-bond acceptors (Lipinski definition) is 4. The van der Waals surface area contributed by atoms with Crippen molar-refractivity contribution in [2.45, 2.75) is 18.9 Å². The molecule has 6 heteroatoms. The summed E-state index contributed by atoms with van der Waals surface area (Å²) in [5.74, 6) is -0.833. The zero-order chi connectivity index (χ0) is 14.6. The van der Waals surface area contributed by atoms with E-state index in [4.69, 9.17) is 11.6 Å². The minimum Gasteiger partial charge on any atom is -0.315 e. The van der Waals surface area contributed by atoms with Gasteiger partial charge in [0.05, 0.1) is 17.1 Å². The molecule has 2 rings (SSSR count). The van der Waals surface area contributed by atoms with Crippen molar-refractivity contribution in [2.24, 2.45) is 0 Å². The molecule has 1 aliphatic rings. The van der Waals surface area contributed by atoms with Crippen LogP contribution in [0.25, 0.3) is 0 Å². The van der Waals surface area contributed by atoms with Crippen molar-refractivity contribution in [2.75, 3.05) is 19.6 Å². The van der Waals surface area contributed by atoms with Gasteiger partial charge in [-0.3, -0.25) is 14.9 Å². The van der Waals surface area contributed by atoms with Crippen molar-refractivity contribution >= 4 is 23.4 Å². The van der Waals surface area contributed by atoms with Gasteiger partial charge in [0.1, 0.15) is 0 Å². The van der Waals surface area contributed by atoms with Crippen molar-refractivity contribution < 1.29 is 9.59 Å². The second-order valence-corrected chi connectivity index (χ2v) is 5.61. The van der Waals surface area contributed by atoms with Crippen LogP contribution in [0.1, 0.15) is 23.7 Å². The van der Waals surface area contributed by atoms with Crippen LogP contribution in [-0.4, -0.2) is 37.0 Å². The van der Waals surface area contributed by atoms with Crippen molar-refractivity contribution in [3.8, 4) is 0 Å². The summed E-state index contributed by atoms with van der Waals surface area (Å²) < 4.78 is 0. The Morgan fingerprint density at radius 1 is 1.40 bits per heavy atom. The van der Waals surface area contributed by atoms with E-state index in [-0.39, 0.29) is 18.0 Å². The summed E-state index contributed by atoms with van der Waals surface area (Å²) in [5.41, 5.74) is 0.210. The van der Waals surface area contributed by atoms with Crippen molar-refractivity contribution in [3.05, 3.63) is 34.9 Å². The van der Waals surface area contributed by atoms with E-state index in [1.807, 2.05) is 0 Å². The Labute approximate surface area is 123 Å². The monoisotopic (exact) mass is 295 g/mol. The van der Waals surface area contributed by atoms with E-state index in [1.165, 1.54) is 0 Å². The van der Waals surface area contributed by atoms with Gasteiger partial charge in [0.15, 0.2) is 0 Å². The molecular formula is C14H18ClN3O2. The Bertz CT molecular complexity index is 513. The maximum absolute atomic E-state index is 11.9. The molecule has 0 radical (unpaired) electrons. The van der Waals surface area contributed by atoms with Crippen LogP contribution in [0.2, 0.25) is 5.02 Å². The van der Waals surface area contributed by atoms with Gasteiger partial charge < -0.3 is 10.6 Å². The summed E-state index contributed by atoms with van der Waals surface area (Å²) in [4.78, 5) is 23.7. The molecule has 1 fully saturated rings. The Kier molecular flexibility index (Phi) is 4.75. The van der Waals surface area contributed by atoms with Crippen LogP contribution in [0.15, 0.2) is 24.3 Å². The molecule has 0 spiro atoms. The first-order valence-corrected chi connectivity index (χ1v) is 6.92. The number of nitrogens with one attached hydrogen (secondary N) is 3. The number of amides is 2. The van der Waals surface area contributed by atoms with E-state index >= 15 is 0 Å². The van der Waals surface area contributed by atoms with Gasteiger partial charge in [-0.05, 0) is 32.0 Å². The van der Waals surface area contributed by atoms with Crippen molar-refractivity contribution in [3.63, 3.8) is 0 Å². The molecule has 3 N–H and O–H groups in total. The summed E-state index contributed by atoms with van der Waals surface area (Å²) in [7, 11) is 0. The zero-order valence-corrected chi connectivity index (χ0v) is 12.1. The molecule has 0 aliphatic carbocycles. The maximum Gasteiger partial charge on any atom is 0.259 e. The van der Waals surface area contributed by atoms with Crippen LogP contribution in [0.4, 0.5) is 0 Å². The van der Waals surface area contributed by atoms with Gasteiger partial charge in [-0.1, -0.05) is 23.7 Å². The van der Waals surface area contributed by atoms with Crippen LogP contribution in [0.3, 0.4) is 0 Å². The molecular weight excluding hydrogens is 278 g/mol. The van der Waals surface area contributed by atoms with E-state index in [9.17, 15) is 9.59 Å². The molecule has 0 bridgehead atoms. The largest absolute Gasteiger partial charge is 0.315 e. The third-order valence-electron chi connectivity index (χ3n) is 3.42. The Morgan fingerprint density at radius 3 is 2.80 bits per heavy atom. The first-order chi connectivity index (χ1) is 9.50. The SMILES string of the molecule is CC1(NCC(=O)NC(=O)c2ccccc2Cl)CCNC1. The number of imide groups is 1. The highest BCUT2D eigenvalue weighted by Gasteiger charge is 2.28. The molecule has 20 heavy (non-hydrogen) atoms. The summed E-state index contributed by atoms with van der Waals surface area (Å²) >= 11 is 5.91. The highest BCUT2D eigenvalue weighted by atomic mass is 35.5. The minimum atomic E-state index is -0.475. The first-order valence-electron chi connectivity index (χ1n) is 6.55. The standard InChI is InChI=1S/C14H18ClN3O2/c1-14(6-7-16-9-14)17-8-12(19)18-13(20)10-4-2-3-5-11(10)15/h2-5,16-17H,6-9H2,1H3,(H,18,19,20). The summed E-state index contributed by atoms with van der Waals surface area (Å²) in [6.45, 7) is 3.91. The second kappa shape index (κ2) is 6.35. The Hall–Kier alpha value is -1.43. The Balaban J connectivity index is 1.85. The van der Waals surface area contributed by atoms with Crippen LogP contribution >= 0.6 is 11.6 Å².